The van der Waals surface area contributed by atoms with Gasteiger partial charge in [-0.05, 0) is 122 Å². The summed E-state index contributed by atoms with van der Waals surface area (Å²) in [7, 11) is 0. The van der Waals surface area contributed by atoms with Crippen molar-refractivity contribution in [1.29, 1.82) is 0 Å². The molecule has 2 amide bonds. The minimum absolute atomic E-state index is 0.00362. The Bertz CT molecular complexity index is 1850. The van der Waals surface area contributed by atoms with E-state index in [4.69, 9.17) is 14.5 Å². The maximum Gasteiger partial charge on any atom is 0.241 e. The van der Waals surface area contributed by atoms with Crippen molar-refractivity contribution < 1.29 is 19.1 Å². The standard InChI is InChI=1S/C43H51N7O4/c51-42(47-37-12-14-38(15-13-37)54-39-3-1-17-44-28-39)40-4-2-18-49(40)29-31-25-35(27-45-26-31)34-9-16-41(50(30-34)20-19-48-21-23-53-24-22-48)43(52)46-36-10-7-33(8-11-36)32-5-6-32/h1,3,7-8,10-15,17,25-28,32,34,40-41H,2,4-6,9,16,18-24,29-30H2,(H,46,52)(H,47,51)/t34?,40-,41-/m1/s1. The van der Waals surface area contributed by atoms with Gasteiger partial charge in [-0.2, -0.15) is 0 Å². The maximum atomic E-state index is 13.8. The van der Waals surface area contributed by atoms with Gasteiger partial charge in [-0.3, -0.25) is 34.3 Å². The average molecular weight is 730 g/mol. The average Bonchev–Trinajstić information content (AvgIpc) is 3.96. The minimum Gasteiger partial charge on any atom is -0.456 e. The van der Waals surface area contributed by atoms with E-state index in [0.29, 0.717) is 24.0 Å². The lowest BCUT2D eigenvalue weighted by atomic mass is 9.87. The Kier molecular flexibility index (Phi) is 11.6. The number of morpholine rings is 1. The summed E-state index contributed by atoms with van der Waals surface area (Å²) in [5.41, 5.74) is 5.29. The Labute approximate surface area is 318 Å². The van der Waals surface area contributed by atoms with Gasteiger partial charge in [0.2, 0.25) is 11.8 Å². The van der Waals surface area contributed by atoms with E-state index in [2.05, 4.69) is 60.6 Å². The molecule has 11 nitrogen and oxygen atoms in total. The lowest BCUT2D eigenvalue weighted by Crippen LogP contribution is -2.52. The quantitative estimate of drug-likeness (QED) is 0.165. The molecule has 3 saturated heterocycles. The normalized spacial score (nSPS) is 22.5. The molecule has 3 aliphatic heterocycles. The number of pyridine rings is 2. The first-order chi connectivity index (χ1) is 26.5. The van der Waals surface area contributed by atoms with Crippen LogP contribution in [0.3, 0.4) is 0 Å². The fraction of sp³-hybridized carbons (Fsp3) is 0.442. The number of carbonyl (C=O) groups is 2. The van der Waals surface area contributed by atoms with Crippen LogP contribution >= 0.6 is 0 Å². The number of hydrogen-bond donors (Lipinski definition) is 2. The fourth-order valence-corrected chi connectivity index (χ4v) is 8.17. The smallest absolute Gasteiger partial charge is 0.241 e. The van der Waals surface area contributed by atoms with Crippen molar-refractivity contribution in [3.63, 3.8) is 0 Å². The molecule has 5 heterocycles. The van der Waals surface area contributed by atoms with E-state index in [1.54, 1.807) is 12.4 Å². The second kappa shape index (κ2) is 17.2. The lowest BCUT2D eigenvalue weighted by molar-refractivity contribution is -0.123. The van der Waals surface area contributed by atoms with Gasteiger partial charge in [-0.25, -0.2) is 0 Å². The second-order valence-electron chi connectivity index (χ2n) is 15.2. The molecule has 2 N–H and O–H groups in total. The van der Waals surface area contributed by atoms with Crippen LogP contribution in [0, 0.1) is 0 Å². The predicted octanol–water partition coefficient (Wildman–Crippen LogP) is 6.27. The molecule has 2 aromatic carbocycles. The van der Waals surface area contributed by atoms with Crippen LogP contribution in [0.15, 0.2) is 91.5 Å². The van der Waals surface area contributed by atoms with Crippen molar-refractivity contribution in [2.75, 3.05) is 63.1 Å². The summed E-state index contributed by atoms with van der Waals surface area (Å²) < 4.78 is 11.4. The zero-order chi connectivity index (χ0) is 36.7. The SMILES string of the molecule is O=C(Nc1ccc(Oc2cccnc2)cc1)[C@H]1CCCN1Cc1cncc(C2CC[C@H](C(=O)Nc3ccc(C4CC4)cc3)N(CCN3CCOCC3)C2)c1. The predicted molar refractivity (Wildman–Crippen MR) is 209 cm³/mol. The molecular formula is C43H51N7O4. The molecule has 0 spiro atoms. The van der Waals surface area contributed by atoms with Crippen LogP contribution in [0.25, 0.3) is 0 Å². The summed E-state index contributed by atoms with van der Waals surface area (Å²) >= 11 is 0. The van der Waals surface area contributed by atoms with Gasteiger partial charge in [0.25, 0.3) is 0 Å². The van der Waals surface area contributed by atoms with Gasteiger partial charge in [0.1, 0.15) is 11.5 Å². The van der Waals surface area contributed by atoms with Crippen LogP contribution in [0.1, 0.15) is 67.1 Å². The van der Waals surface area contributed by atoms with Crippen molar-refractivity contribution in [1.82, 2.24) is 24.7 Å². The number of nitrogens with zero attached hydrogens (tertiary/aromatic N) is 5. The Balaban J connectivity index is 0.891. The number of nitrogens with one attached hydrogen (secondary N) is 2. The number of rotatable bonds is 13. The molecule has 54 heavy (non-hydrogen) atoms. The highest BCUT2D eigenvalue weighted by Gasteiger charge is 2.35. The van der Waals surface area contributed by atoms with Crippen molar-refractivity contribution in [2.45, 2.75) is 69.0 Å². The van der Waals surface area contributed by atoms with Gasteiger partial charge in [0, 0.05) is 69.2 Å². The van der Waals surface area contributed by atoms with Gasteiger partial charge in [0.15, 0.2) is 0 Å². The van der Waals surface area contributed by atoms with Crippen molar-refractivity contribution in [3.8, 4) is 11.5 Å². The molecule has 3 atom stereocenters. The van der Waals surface area contributed by atoms with Gasteiger partial charge in [-0.1, -0.05) is 18.2 Å². The van der Waals surface area contributed by atoms with Crippen molar-refractivity contribution >= 4 is 23.2 Å². The third kappa shape index (κ3) is 9.33. The Morgan fingerprint density at radius 1 is 0.704 bits per heavy atom. The van der Waals surface area contributed by atoms with Gasteiger partial charge in [-0.15, -0.1) is 0 Å². The molecule has 1 unspecified atom stereocenters. The van der Waals surface area contributed by atoms with Crippen LogP contribution in [-0.2, 0) is 20.9 Å². The van der Waals surface area contributed by atoms with Crippen molar-refractivity contribution in [3.05, 3.63) is 108 Å². The number of hydrogen-bond acceptors (Lipinski definition) is 9. The molecule has 0 radical (unpaired) electrons. The third-order valence-corrected chi connectivity index (χ3v) is 11.4. The van der Waals surface area contributed by atoms with Crippen LogP contribution < -0.4 is 15.4 Å². The maximum absolute atomic E-state index is 13.8. The zero-order valence-electron chi connectivity index (χ0n) is 30.9. The Morgan fingerprint density at radius 3 is 2.15 bits per heavy atom. The highest BCUT2D eigenvalue weighted by molar-refractivity contribution is 5.95. The van der Waals surface area contributed by atoms with Gasteiger partial charge >= 0.3 is 0 Å². The van der Waals surface area contributed by atoms with Crippen molar-refractivity contribution in [2.24, 2.45) is 0 Å². The van der Waals surface area contributed by atoms with Crippen LogP contribution in [0.5, 0.6) is 11.5 Å². The number of carbonyl (C=O) groups excluding carboxylic acids is 2. The number of ether oxygens (including phenoxy) is 2. The first-order valence-corrected chi connectivity index (χ1v) is 19.7. The van der Waals surface area contributed by atoms with Gasteiger partial charge in [0.05, 0.1) is 31.5 Å². The first-order valence-electron chi connectivity index (χ1n) is 19.7. The summed E-state index contributed by atoms with van der Waals surface area (Å²) in [5.74, 6) is 2.39. The Hall–Kier alpha value is -4.68. The highest BCUT2D eigenvalue weighted by Crippen LogP contribution is 2.40. The number of likely N-dealkylation sites (tertiary alicyclic amines) is 2. The molecule has 282 valence electrons. The van der Waals surface area contributed by atoms with E-state index < -0.39 is 0 Å². The van der Waals surface area contributed by atoms with E-state index in [-0.39, 0.29) is 29.8 Å². The number of aromatic nitrogens is 2. The molecule has 11 heteroatoms. The molecule has 4 aliphatic rings. The minimum atomic E-state index is -0.213. The molecule has 4 aromatic rings. The summed E-state index contributed by atoms with van der Waals surface area (Å²) in [6.07, 6.45) is 13.3. The number of piperidine rings is 1. The topological polar surface area (TPSA) is 112 Å². The lowest BCUT2D eigenvalue weighted by Gasteiger charge is -2.40. The third-order valence-electron chi connectivity index (χ3n) is 11.4. The number of benzene rings is 2. The monoisotopic (exact) mass is 729 g/mol. The van der Waals surface area contributed by atoms with E-state index in [1.807, 2.05) is 48.8 Å². The second-order valence-corrected chi connectivity index (χ2v) is 15.2. The van der Waals surface area contributed by atoms with E-state index in [1.165, 1.54) is 24.0 Å². The Morgan fingerprint density at radius 2 is 1.43 bits per heavy atom. The van der Waals surface area contributed by atoms with E-state index >= 15 is 0 Å². The molecule has 0 bridgehead atoms. The molecule has 1 saturated carbocycles. The van der Waals surface area contributed by atoms with E-state index in [0.717, 1.165) is 95.1 Å². The highest BCUT2D eigenvalue weighted by atomic mass is 16.5. The van der Waals surface area contributed by atoms with Gasteiger partial charge < -0.3 is 20.1 Å². The van der Waals surface area contributed by atoms with Crippen LogP contribution in [0.2, 0.25) is 0 Å². The molecule has 4 fully saturated rings. The molecule has 2 aromatic heterocycles. The number of amides is 2. The molecule has 1 aliphatic carbocycles. The largest absolute Gasteiger partial charge is 0.456 e. The van der Waals surface area contributed by atoms with E-state index in [9.17, 15) is 9.59 Å². The fourth-order valence-electron chi connectivity index (χ4n) is 8.17. The number of anilines is 2. The summed E-state index contributed by atoms with van der Waals surface area (Å²) in [6, 6.07) is 21.4. The van der Waals surface area contributed by atoms with Crippen LogP contribution in [0.4, 0.5) is 11.4 Å². The zero-order valence-corrected chi connectivity index (χ0v) is 30.9. The molecular weight excluding hydrogens is 679 g/mol. The summed E-state index contributed by atoms with van der Waals surface area (Å²) in [6.45, 7) is 7.44. The van der Waals surface area contributed by atoms with Crippen LogP contribution in [-0.4, -0.2) is 101 Å². The summed E-state index contributed by atoms with van der Waals surface area (Å²) in [4.78, 5) is 43.2. The molecule has 8 rings (SSSR count). The first kappa shape index (κ1) is 36.3. The summed E-state index contributed by atoms with van der Waals surface area (Å²) in [5, 5.41) is 6.36.